The maximum Gasteiger partial charge on any atom is 0.256 e. The number of nitrogens with one attached hydrogen (secondary N) is 2. The summed E-state index contributed by atoms with van der Waals surface area (Å²) >= 11 is 0. The number of aromatic amines is 1. The summed E-state index contributed by atoms with van der Waals surface area (Å²) in [7, 11) is 0. The van der Waals surface area contributed by atoms with Crippen LogP contribution in [0.4, 0.5) is 0 Å². The van der Waals surface area contributed by atoms with Gasteiger partial charge in [0.2, 0.25) is 5.91 Å². The minimum atomic E-state index is -0.0731. The number of likely N-dealkylation sites (tertiary alicyclic amines) is 1. The molecule has 6 nitrogen and oxygen atoms in total. The van der Waals surface area contributed by atoms with E-state index in [4.69, 9.17) is 0 Å². The molecule has 132 valence electrons. The van der Waals surface area contributed by atoms with Crippen LogP contribution in [-0.2, 0) is 4.79 Å². The van der Waals surface area contributed by atoms with Crippen LogP contribution in [0.3, 0.4) is 0 Å². The van der Waals surface area contributed by atoms with Crippen LogP contribution in [0.2, 0.25) is 0 Å². The van der Waals surface area contributed by atoms with Gasteiger partial charge in [0.25, 0.3) is 5.91 Å². The quantitative estimate of drug-likeness (QED) is 0.811. The molecule has 6 heteroatoms. The average molecular weight is 333 g/mol. The van der Waals surface area contributed by atoms with Gasteiger partial charge in [-0.3, -0.25) is 14.4 Å². The molecular weight excluding hydrogens is 306 g/mol. The molecule has 2 unspecified atom stereocenters. The summed E-state index contributed by atoms with van der Waals surface area (Å²) < 4.78 is 0. The first-order valence-electron chi connectivity index (χ1n) is 8.52. The number of amides is 2. The number of H-pyrrole nitrogens is 1. The highest BCUT2D eigenvalue weighted by atomic mass is 16.2. The number of aromatic nitrogens is 1. The summed E-state index contributed by atoms with van der Waals surface area (Å²) in [5, 5.41) is 2.97. The van der Waals surface area contributed by atoms with Crippen LogP contribution in [0.1, 0.15) is 65.7 Å². The average Bonchev–Trinajstić information content (AvgIpc) is 3.00. The largest absolute Gasteiger partial charge is 0.355 e. The molecular formula is C18H27N3O3. The lowest BCUT2D eigenvalue weighted by Gasteiger charge is -2.17. The summed E-state index contributed by atoms with van der Waals surface area (Å²) in [6, 6.07) is -0.00164. The Morgan fingerprint density at radius 1 is 1.21 bits per heavy atom. The molecule has 2 N–H and O–H groups in total. The molecule has 1 aromatic heterocycles. The molecule has 1 fully saturated rings. The van der Waals surface area contributed by atoms with Crippen molar-refractivity contribution in [3.8, 4) is 0 Å². The molecule has 2 rings (SSSR count). The van der Waals surface area contributed by atoms with Gasteiger partial charge in [-0.25, -0.2) is 0 Å². The summed E-state index contributed by atoms with van der Waals surface area (Å²) in [6.07, 6.45) is 1.98. The van der Waals surface area contributed by atoms with Gasteiger partial charge in [0, 0.05) is 32.6 Å². The number of Topliss-reactive ketones (excluding diaryl/α,β-unsaturated/α-hetero) is 1. The zero-order valence-electron chi connectivity index (χ0n) is 15.2. The van der Waals surface area contributed by atoms with Crippen molar-refractivity contribution in [1.29, 1.82) is 0 Å². The van der Waals surface area contributed by atoms with E-state index >= 15 is 0 Å². The van der Waals surface area contributed by atoms with Crippen molar-refractivity contribution in [2.24, 2.45) is 5.92 Å². The third kappa shape index (κ3) is 3.52. The van der Waals surface area contributed by atoms with E-state index in [2.05, 4.69) is 17.2 Å². The Bertz CT molecular complexity index is 663. The highest BCUT2D eigenvalue weighted by Gasteiger charge is 2.36. The van der Waals surface area contributed by atoms with Crippen LogP contribution in [0.15, 0.2) is 0 Å². The Balaban J connectivity index is 2.24. The highest BCUT2D eigenvalue weighted by Crippen LogP contribution is 2.26. The van der Waals surface area contributed by atoms with E-state index in [0.717, 1.165) is 18.5 Å². The number of aryl methyl sites for hydroxylation is 1. The lowest BCUT2D eigenvalue weighted by molar-refractivity contribution is -0.119. The number of hydrogen-bond donors (Lipinski definition) is 2. The predicted molar refractivity (Wildman–Crippen MR) is 92.2 cm³/mol. The Hall–Kier alpha value is -2.11. The molecule has 2 heterocycles. The molecule has 0 spiro atoms. The first kappa shape index (κ1) is 18.2. The Labute approximate surface area is 143 Å². The van der Waals surface area contributed by atoms with Gasteiger partial charge in [-0.2, -0.15) is 0 Å². The van der Waals surface area contributed by atoms with E-state index in [9.17, 15) is 14.4 Å². The smallest absolute Gasteiger partial charge is 0.256 e. The number of carbonyl (C=O) groups is 3. The molecule has 0 saturated carbocycles. The first-order valence-corrected chi connectivity index (χ1v) is 8.52. The number of rotatable bonds is 5. The van der Waals surface area contributed by atoms with Gasteiger partial charge >= 0.3 is 0 Å². The van der Waals surface area contributed by atoms with Crippen molar-refractivity contribution in [2.45, 2.75) is 53.5 Å². The Morgan fingerprint density at radius 2 is 1.88 bits per heavy atom. The summed E-state index contributed by atoms with van der Waals surface area (Å²) in [5.41, 5.74) is 2.51. The van der Waals surface area contributed by atoms with Crippen LogP contribution >= 0.6 is 0 Å². The van der Waals surface area contributed by atoms with Crippen LogP contribution in [0, 0.1) is 19.8 Å². The zero-order chi connectivity index (χ0) is 18.0. The van der Waals surface area contributed by atoms with Crippen molar-refractivity contribution in [3.05, 3.63) is 22.5 Å². The Morgan fingerprint density at radius 3 is 2.38 bits per heavy atom. The molecule has 0 aliphatic carbocycles. The molecule has 2 amide bonds. The number of carbonyl (C=O) groups excluding carboxylic acids is 3. The number of nitrogens with zero attached hydrogens (tertiary/aromatic N) is 1. The summed E-state index contributed by atoms with van der Waals surface area (Å²) in [6.45, 7) is 9.88. The second-order valence-corrected chi connectivity index (χ2v) is 6.75. The normalized spacial score (nSPS) is 20.3. The molecule has 1 aliphatic rings. The molecule has 0 aromatic carbocycles. The molecule has 1 aromatic rings. The van der Waals surface area contributed by atoms with Crippen molar-refractivity contribution >= 4 is 17.6 Å². The van der Waals surface area contributed by atoms with Crippen LogP contribution in [0.5, 0.6) is 0 Å². The maximum atomic E-state index is 13.0. The molecule has 2 atom stereocenters. The monoisotopic (exact) mass is 333 g/mol. The fourth-order valence-corrected chi connectivity index (χ4v) is 3.71. The topological polar surface area (TPSA) is 82.3 Å². The SMILES string of the molecule is CCCC1CN(C(=O)c2c(C)[nH]c(C(C)=O)c2C)CC1NC(C)=O. The predicted octanol–water partition coefficient (Wildman–Crippen LogP) is 2.21. The van der Waals surface area contributed by atoms with E-state index in [1.807, 2.05) is 6.92 Å². The third-order valence-corrected chi connectivity index (χ3v) is 4.78. The molecule has 0 radical (unpaired) electrons. The lowest BCUT2D eigenvalue weighted by atomic mass is 9.98. The third-order valence-electron chi connectivity index (χ3n) is 4.78. The van der Waals surface area contributed by atoms with E-state index in [1.54, 1.807) is 11.8 Å². The van der Waals surface area contributed by atoms with Crippen LogP contribution < -0.4 is 5.32 Å². The van der Waals surface area contributed by atoms with Crippen molar-refractivity contribution in [2.75, 3.05) is 13.1 Å². The van der Waals surface area contributed by atoms with E-state index in [1.165, 1.54) is 13.8 Å². The van der Waals surface area contributed by atoms with Gasteiger partial charge in [-0.1, -0.05) is 13.3 Å². The molecule has 24 heavy (non-hydrogen) atoms. The van der Waals surface area contributed by atoms with Crippen LogP contribution in [0.25, 0.3) is 0 Å². The first-order chi connectivity index (χ1) is 11.3. The van der Waals surface area contributed by atoms with Crippen molar-refractivity contribution < 1.29 is 14.4 Å². The molecule has 0 bridgehead atoms. The standard InChI is InChI=1S/C18H27N3O3/c1-6-7-14-8-21(9-15(14)20-13(5)23)18(24)16-10(2)17(12(4)22)19-11(16)3/h14-15,19H,6-9H2,1-5H3,(H,20,23). The van der Waals surface area contributed by atoms with Crippen LogP contribution in [-0.4, -0.2) is 46.6 Å². The lowest BCUT2D eigenvalue weighted by Crippen LogP contribution is -2.40. The van der Waals surface area contributed by atoms with E-state index in [0.29, 0.717) is 29.9 Å². The van der Waals surface area contributed by atoms with Gasteiger partial charge in [0.15, 0.2) is 5.78 Å². The Kier molecular flexibility index (Phi) is 5.47. The van der Waals surface area contributed by atoms with E-state index < -0.39 is 0 Å². The van der Waals surface area contributed by atoms with Crippen molar-refractivity contribution in [3.63, 3.8) is 0 Å². The minimum Gasteiger partial charge on any atom is -0.355 e. The fraction of sp³-hybridized carbons (Fsp3) is 0.611. The fourth-order valence-electron chi connectivity index (χ4n) is 3.71. The van der Waals surface area contributed by atoms with Gasteiger partial charge in [-0.05, 0) is 31.7 Å². The van der Waals surface area contributed by atoms with Gasteiger partial charge in [0.05, 0.1) is 17.3 Å². The van der Waals surface area contributed by atoms with Gasteiger partial charge < -0.3 is 15.2 Å². The number of ketones is 1. The minimum absolute atomic E-state index is 0.00164. The summed E-state index contributed by atoms with van der Waals surface area (Å²) in [5.74, 6) is 0.0664. The zero-order valence-corrected chi connectivity index (χ0v) is 15.2. The van der Waals surface area contributed by atoms with Crippen molar-refractivity contribution in [1.82, 2.24) is 15.2 Å². The maximum absolute atomic E-state index is 13.0. The molecule has 1 aliphatic heterocycles. The van der Waals surface area contributed by atoms with Gasteiger partial charge in [0.1, 0.15) is 0 Å². The summed E-state index contributed by atoms with van der Waals surface area (Å²) in [4.78, 5) is 40.9. The van der Waals surface area contributed by atoms with E-state index in [-0.39, 0.29) is 29.6 Å². The molecule has 1 saturated heterocycles. The van der Waals surface area contributed by atoms with Gasteiger partial charge in [-0.15, -0.1) is 0 Å². The second kappa shape index (κ2) is 7.20. The second-order valence-electron chi connectivity index (χ2n) is 6.75. The number of hydrogen-bond acceptors (Lipinski definition) is 3. The highest BCUT2D eigenvalue weighted by molar-refractivity contribution is 6.02.